The Bertz CT molecular complexity index is 885. The van der Waals surface area contributed by atoms with Crippen LogP contribution in [0.1, 0.15) is 30.4 Å². The van der Waals surface area contributed by atoms with E-state index < -0.39 is 11.6 Å². The number of hydrogen-bond acceptors (Lipinski definition) is 3. The van der Waals surface area contributed by atoms with Crippen molar-refractivity contribution in [1.82, 2.24) is 15.5 Å². The van der Waals surface area contributed by atoms with Gasteiger partial charge in [-0.15, -0.1) is 0 Å². The molecule has 4 atom stereocenters. The molecule has 0 radical (unpaired) electrons. The van der Waals surface area contributed by atoms with Gasteiger partial charge in [-0.25, -0.2) is 0 Å². The summed E-state index contributed by atoms with van der Waals surface area (Å²) in [4.78, 5) is 28.4. The number of hydrogen-bond donors (Lipinski definition) is 2. The van der Waals surface area contributed by atoms with Gasteiger partial charge in [0.25, 0.3) is 0 Å². The van der Waals surface area contributed by atoms with Gasteiger partial charge in [-0.1, -0.05) is 60.7 Å². The highest BCUT2D eigenvalue weighted by atomic mass is 16.2. The Morgan fingerprint density at radius 3 is 2.43 bits per heavy atom. The number of likely N-dealkylation sites (tertiary alicyclic amines) is 1. The van der Waals surface area contributed by atoms with Gasteiger partial charge in [0.2, 0.25) is 11.8 Å². The van der Waals surface area contributed by atoms with Crippen LogP contribution in [0, 0.1) is 5.92 Å². The smallest absolute Gasteiger partial charge is 0.245 e. The molecule has 3 aliphatic rings. The number of nitrogens with zero attached hydrogens (tertiary/aromatic N) is 1. The van der Waals surface area contributed by atoms with Crippen LogP contribution in [-0.2, 0) is 22.7 Å². The number of carbonyl (C=O) groups excluding carboxylic acids is 2. The highest BCUT2D eigenvalue weighted by Gasteiger charge is 2.67. The summed E-state index contributed by atoms with van der Waals surface area (Å²) in [6, 6.07) is 19.8. The Hall–Kier alpha value is -2.66. The normalized spacial score (nSPS) is 30.5. The van der Waals surface area contributed by atoms with Crippen molar-refractivity contribution in [2.45, 2.75) is 50.0 Å². The third-order valence-electron chi connectivity index (χ3n) is 6.66. The van der Waals surface area contributed by atoms with E-state index in [4.69, 9.17) is 0 Å². The lowest BCUT2D eigenvalue weighted by molar-refractivity contribution is -0.137. The summed E-state index contributed by atoms with van der Waals surface area (Å²) >= 11 is 0. The Kier molecular flexibility index (Phi) is 4.20. The Balaban J connectivity index is 1.42. The van der Waals surface area contributed by atoms with Gasteiger partial charge in [0.1, 0.15) is 6.04 Å². The molecule has 2 aromatic rings. The van der Waals surface area contributed by atoms with Crippen LogP contribution in [0.4, 0.5) is 0 Å². The molecule has 3 heterocycles. The lowest BCUT2D eigenvalue weighted by Crippen LogP contribution is -2.58. The second-order valence-corrected chi connectivity index (χ2v) is 8.27. The summed E-state index contributed by atoms with van der Waals surface area (Å²) in [5.74, 6) is -0.00784. The maximum absolute atomic E-state index is 13.3. The van der Waals surface area contributed by atoms with Crippen LogP contribution in [0.15, 0.2) is 60.7 Å². The largest absolute Gasteiger partial charge is 0.350 e. The molecule has 2 aromatic carbocycles. The van der Waals surface area contributed by atoms with Crippen molar-refractivity contribution in [2.75, 3.05) is 0 Å². The molecule has 0 unspecified atom stereocenters. The molecule has 2 bridgehead atoms. The number of amides is 2. The van der Waals surface area contributed by atoms with Gasteiger partial charge in [-0.05, 0) is 30.4 Å². The zero-order chi connectivity index (χ0) is 19.1. The molecule has 3 aliphatic heterocycles. The van der Waals surface area contributed by atoms with E-state index in [2.05, 4.69) is 10.6 Å². The molecular weight excluding hydrogens is 350 g/mol. The fourth-order valence-electron chi connectivity index (χ4n) is 5.42. The Morgan fingerprint density at radius 1 is 1.07 bits per heavy atom. The predicted molar refractivity (Wildman–Crippen MR) is 106 cm³/mol. The average Bonchev–Trinajstić information content (AvgIpc) is 3.37. The van der Waals surface area contributed by atoms with Crippen LogP contribution >= 0.6 is 0 Å². The van der Waals surface area contributed by atoms with Gasteiger partial charge in [0.05, 0.1) is 11.5 Å². The van der Waals surface area contributed by atoms with E-state index in [0.29, 0.717) is 19.1 Å². The van der Waals surface area contributed by atoms with E-state index in [-0.39, 0.29) is 17.7 Å². The predicted octanol–water partition coefficient (Wildman–Crippen LogP) is 2.22. The van der Waals surface area contributed by atoms with Crippen molar-refractivity contribution in [2.24, 2.45) is 5.92 Å². The monoisotopic (exact) mass is 375 g/mol. The maximum Gasteiger partial charge on any atom is 0.245 e. The second kappa shape index (κ2) is 6.74. The molecule has 28 heavy (non-hydrogen) atoms. The minimum Gasteiger partial charge on any atom is -0.350 e. The molecule has 3 fully saturated rings. The summed E-state index contributed by atoms with van der Waals surface area (Å²) in [5, 5.41) is 6.75. The maximum atomic E-state index is 13.3. The highest BCUT2D eigenvalue weighted by molar-refractivity contribution is 5.96. The number of carbonyl (C=O) groups is 2. The van der Waals surface area contributed by atoms with Crippen molar-refractivity contribution >= 4 is 11.8 Å². The molecule has 0 aliphatic carbocycles. The first-order valence-electron chi connectivity index (χ1n) is 10.1. The average molecular weight is 375 g/mol. The van der Waals surface area contributed by atoms with Crippen LogP contribution in [0.3, 0.4) is 0 Å². The Labute approximate surface area is 165 Å². The summed E-state index contributed by atoms with van der Waals surface area (Å²) in [7, 11) is 0. The van der Waals surface area contributed by atoms with E-state index in [1.165, 1.54) is 0 Å². The summed E-state index contributed by atoms with van der Waals surface area (Å²) < 4.78 is 0. The summed E-state index contributed by atoms with van der Waals surface area (Å²) in [5.41, 5.74) is 1.72. The number of rotatable bonds is 5. The zero-order valence-corrected chi connectivity index (χ0v) is 15.8. The van der Waals surface area contributed by atoms with Crippen molar-refractivity contribution < 1.29 is 9.59 Å². The number of benzene rings is 2. The number of nitrogens with one attached hydrogen (secondary N) is 2. The van der Waals surface area contributed by atoms with E-state index in [1.807, 2.05) is 65.6 Å². The molecule has 5 nitrogen and oxygen atoms in total. The van der Waals surface area contributed by atoms with Crippen molar-refractivity contribution in [3.8, 4) is 0 Å². The molecule has 144 valence electrons. The molecule has 1 spiro atoms. The van der Waals surface area contributed by atoms with E-state index in [0.717, 1.165) is 30.4 Å². The van der Waals surface area contributed by atoms with Crippen molar-refractivity contribution in [3.63, 3.8) is 0 Å². The van der Waals surface area contributed by atoms with E-state index in [9.17, 15) is 9.59 Å². The van der Waals surface area contributed by atoms with Gasteiger partial charge in [-0.3, -0.25) is 9.59 Å². The molecule has 3 saturated heterocycles. The topological polar surface area (TPSA) is 61.4 Å². The lowest BCUT2D eigenvalue weighted by Gasteiger charge is -2.34. The molecule has 0 aromatic heterocycles. The molecular formula is C23H25N3O2. The first-order chi connectivity index (χ1) is 13.7. The molecule has 2 amide bonds. The van der Waals surface area contributed by atoms with Crippen LogP contribution in [0.5, 0.6) is 0 Å². The molecule has 0 saturated carbocycles. The second-order valence-electron chi connectivity index (χ2n) is 8.27. The fraction of sp³-hybridized carbons (Fsp3) is 0.391. The summed E-state index contributed by atoms with van der Waals surface area (Å²) in [6.45, 7) is 0.960. The van der Waals surface area contributed by atoms with Gasteiger partial charge in [0, 0.05) is 19.1 Å². The van der Waals surface area contributed by atoms with Crippen molar-refractivity contribution in [1.29, 1.82) is 0 Å². The summed E-state index contributed by atoms with van der Waals surface area (Å²) in [6.07, 6.45) is 2.79. The van der Waals surface area contributed by atoms with E-state index >= 15 is 0 Å². The zero-order valence-electron chi connectivity index (χ0n) is 15.8. The molecule has 5 heteroatoms. The highest BCUT2D eigenvalue weighted by Crippen LogP contribution is 2.51. The van der Waals surface area contributed by atoms with E-state index in [1.54, 1.807) is 0 Å². The van der Waals surface area contributed by atoms with Crippen LogP contribution < -0.4 is 10.6 Å². The van der Waals surface area contributed by atoms with Crippen molar-refractivity contribution in [3.05, 3.63) is 71.8 Å². The van der Waals surface area contributed by atoms with Gasteiger partial charge in [0.15, 0.2) is 0 Å². The molecule has 5 rings (SSSR count). The first kappa shape index (κ1) is 17.4. The Morgan fingerprint density at radius 2 is 1.75 bits per heavy atom. The fourth-order valence-corrected chi connectivity index (χ4v) is 5.42. The standard InChI is InChI=1S/C23H25N3O2/c27-21(24-14-16-7-3-1-4-8-16)20-23-12-11-18(25-23)13-19(23)22(28)26(20)15-17-9-5-2-6-10-17/h1-10,18-20,25H,11-15H2,(H,24,27)/t18-,19+,20-,23+/m0/s1. The third-order valence-corrected chi connectivity index (χ3v) is 6.66. The SMILES string of the molecule is O=C(NCc1ccccc1)[C@@H]1N(Cc2ccccc2)C(=O)[C@H]2C[C@@H]3CC[C@@]21N3. The third kappa shape index (κ3) is 2.73. The first-order valence-corrected chi connectivity index (χ1v) is 10.1. The van der Waals surface area contributed by atoms with Crippen LogP contribution in [0.2, 0.25) is 0 Å². The van der Waals surface area contributed by atoms with Gasteiger partial charge in [-0.2, -0.15) is 0 Å². The minimum atomic E-state index is -0.457. The minimum absolute atomic E-state index is 0.0503. The lowest BCUT2D eigenvalue weighted by atomic mass is 9.76. The van der Waals surface area contributed by atoms with Crippen LogP contribution in [-0.4, -0.2) is 34.3 Å². The molecule has 2 N–H and O–H groups in total. The van der Waals surface area contributed by atoms with Crippen LogP contribution in [0.25, 0.3) is 0 Å². The number of fused-ring (bicyclic) bond motifs is 1. The van der Waals surface area contributed by atoms with Gasteiger partial charge >= 0.3 is 0 Å². The quantitative estimate of drug-likeness (QED) is 0.842. The van der Waals surface area contributed by atoms with Gasteiger partial charge < -0.3 is 15.5 Å².